The minimum atomic E-state index is -0.150. The maximum atomic E-state index is 3.75. The first-order valence-electron chi connectivity index (χ1n) is 1.96. The molecule has 0 bridgehead atoms. The number of hydrogen-bond donors (Lipinski definition) is 0. The lowest BCUT2D eigenvalue weighted by atomic mass is 10.4. The Morgan fingerprint density at radius 3 is 1.75 bits per heavy atom. The maximum Gasteiger partial charge on any atom is 0.136 e. The molecule has 0 aliphatic heterocycles. The normalized spacial score (nSPS) is 16.1. The molecule has 0 saturated heterocycles. The monoisotopic (exact) mass is 369 g/mol. The molecule has 0 aliphatic rings. The first-order valence-corrected chi connectivity index (χ1v) is 5.25. The quantitative estimate of drug-likeness (QED) is 0.614. The average molecular weight is 373 g/mol. The molecule has 0 N–H and O–H groups in total. The smallest absolute Gasteiger partial charge is 0.0889 e. The summed E-state index contributed by atoms with van der Waals surface area (Å²) in [5.74, 6) is 0. The predicted molar refractivity (Wildman–Crippen MR) is 52.2 cm³/mol. The second-order valence-corrected chi connectivity index (χ2v) is 9.97. The van der Waals surface area contributed by atoms with Gasteiger partial charge in [0.05, 0.1) is 0 Å². The van der Waals surface area contributed by atoms with E-state index in [1.54, 1.807) is 0 Å². The van der Waals surface area contributed by atoms with Gasteiger partial charge in [0.15, 0.2) is 0 Å². The van der Waals surface area contributed by atoms with E-state index in [-0.39, 0.29) is 6.97 Å². The molecule has 0 heterocycles. The molecule has 0 rings (SSSR count). The second-order valence-electron chi connectivity index (χ2n) is 1.42. The van der Waals surface area contributed by atoms with Crippen LogP contribution in [0.3, 0.4) is 0 Å². The molecule has 1 unspecified atom stereocenters. The van der Waals surface area contributed by atoms with Crippen molar-refractivity contribution >= 4 is 63.7 Å². The van der Waals surface area contributed by atoms with Gasteiger partial charge in [-0.2, -0.15) is 0 Å². The molecule has 8 heavy (non-hydrogen) atoms. The van der Waals surface area contributed by atoms with Crippen LogP contribution in [0.5, 0.6) is 0 Å². The van der Waals surface area contributed by atoms with Gasteiger partial charge in [0, 0.05) is 4.83 Å². The van der Waals surface area contributed by atoms with Crippen LogP contribution in [-0.2, 0) is 0 Å². The molecule has 49 valence electrons. The predicted octanol–water partition coefficient (Wildman–Crippen LogP) is 3.81. The van der Waals surface area contributed by atoms with E-state index in [1.165, 1.54) is 0 Å². The molecule has 1 radical (unpaired) electrons. The summed E-state index contributed by atoms with van der Waals surface area (Å²) in [6.45, 7) is 3.75. The van der Waals surface area contributed by atoms with Gasteiger partial charge in [-0.25, -0.2) is 0 Å². The third-order valence-electron chi connectivity index (χ3n) is 0.453. The summed E-state index contributed by atoms with van der Waals surface area (Å²) in [4.78, 5) is 0.264. The van der Waals surface area contributed by atoms with E-state index >= 15 is 0 Å². The van der Waals surface area contributed by atoms with Crippen LogP contribution in [0.1, 0.15) is 6.42 Å². The zero-order valence-corrected chi connectivity index (χ0v) is 10.3. The molecular formula is C4H5Br4. The van der Waals surface area contributed by atoms with Crippen molar-refractivity contribution in [1.29, 1.82) is 0 Å². The molecule has 0 aliphatic carbocycles. The van der Waals surface area contributed by atoms with Crippen LogP contribution in [0.25, 0.3) is 0 Å². The minimum absolute atomic E-state index is 0.150. The van der Waals surface area contributed by atoms with E-state index in [1.807, 2.05) is 0 Å². The highest BCUT2D eigenvalue weighted by Crippen LogP contribution is 2.39. The van der Waals surface area contributed by atoms with Crippen molar-refractivity contribution in [1.82, 2.24) is 0 Å². The molecule has 0 nitrogen and oxygen atoms in total. The van der Waals surface area contributed by atoms with Gasteiger partial charge < -0.3 is 0 Å². The number of rotatable bonds is 1. The van der Waals surface area contributed by atoms with Crippen molar-refractivity contribution in [3.63, 3.8) is 0 Å². The van der Waals surface area contributed by atoms with E-state index in [0.717, 1.165) is 6.42 Å². The number of halogens is 4. The van der Waals surface area contributed by atoms with Gasteiger partial charge in [0.25, 0.3) is 0 Å². The summed E-state index contributed by atoms with van der Waals surface area (Å²) in [7, 11) is 0. The second kappa shape index (κ2) is 3.94. The molecule has 0 fully saturated rings. The lowest BCUT2D eigenvalue weighted by Gasteiger charge is -2.12. The van der Waals surface area contributed by atoms with E-state index in [4.69, 9.17) is 0 Å². The fraction of sp³-hybridized carbons (Fsp3) is 0.750. The van der Waals surface area contributed by atoms with E-state index in [0.29, 0.717) is 0 Å². The van der Waals surface area contributed by atoms with Crippen LogP contribution in [0.2, 0.25) is 0 Å². The van der Waals surface area contributed by atoms with Crippen molar-refractivity contribution in [3.8, 4) is 0 Å². The molecule has 0 aromatic carbocycles. The Labute approximate surface area is 83.3 Å². The highest BCUT2D eigenvalue weighted by molar-refractivity contribution is 9.39. The molecule has 4 heteroatoms. The van der Waals surface area contributed by atoms with Crippen LogP contribution < -0.4 is 0 Å². The highest BCUT2D eigenvalue weighted by Gasteiger charge is 2.19. The SMILES string of the molecule is [CH2]C(Br)CC(Br)(Br)Br. The molecule has 1 atom stereocenters. The molecule has 0 amide bonds. The Morgan fingerprint density at radius 2 is 1.75 bits per heavy atom. The fourth-order valence-electron chi connectivity index (χ4n) is 0.251. The van der Waals surface area contributed by atoms with Gasteiger partial charge in [-0.15, -0.1) is 0 Å². The van der Waals surface area contributed by atoms with Crippen molar-refractivity contribution in [2.45, 2.75) is 13.4 Å². The van der Waals surface area contributed by atoms with E-state index in [9.17, 15) is 0 Å². The van der Waals surface area contributed by atoms with Crippen LogP contribution >= 0.6 is 63.7 Å². The Balaban J connectivity index is 3.39. The summed E-state index contributed by atoms with van der Waals surface area (Å²) in [6.07, 6.45) is 0.882. The maximum absolute atomic E-state index is 3.75. The summed E-state index contributed by atoms with van der Waals surface area (Å²) in [5.41, 5.74) is 0. The van der Waals surface area contributed by atoms with E-state index in [2.05, 4.69) is 70.6 Å². The van der Waals surface area contributed by atoms with Crippen LogP contribution in [0, 0.1) is 6.92 Å². The van der Waals surface area contributed by atoms with Crippen molar-refractivity contribution in [2.75, 3.05) is 0 Å². The number of alkyl halides is 4. The topological polar surface area (TPSA) is 0 Å². The zero-order chi connectivity index (χ0) is 6.78. The first kappa shape index (κ1) is 9.92. The highest BCUT2D eigenvalue weighted by atomic mass is 80.0. The Kier molecular flexibility index (Phi) is 4.88. The van der Waals surface area contributed by atoms with E-state index < -0.39 is 0 Å². The average Bonchev–Trinajstić information content (AvgIpc) is 1.21. The Morgan fingerprint density at radius 1 is 1.38 bits per heavy atom. The van der Waals surface area contributed by atoms with Gasteiger partial charge >= 0.3 is 0 Å². The van der Waals surface area contributed by atoms with Crippen LogP contribution in [0.4, 0.5) is 0 Å². The lowest BCUT2D eigenvalue weighted by molar-refractivity contribution is 0.960. The third kappa shape index (κ3) is 7.92. The summed E-state index contributed by atoms with van der Waals surface area (Å²) in [6, 6.07) is 0. The number of hydrogen-bond acceptors (Lipinski definition) is 0. The summed E-state index contributed by atoms with van der Waals surface area (Å²) in [5, 5.41) is 0. The third-order valence-corrected chi connectivity index (χ3v) is 1.75. The van der Waals surface area contributed by atoms with Gasteiger partial charge in [-0.1, -0.05) is 63.7 Å². The van der Waals surface area contributed by atoms with Gasteiger partial charge in [-0.3, -0.25) is 0 Å². The Bertz CT molecular complexity index is 62.9. The van der Waals surface area contributed by atoms with Gasteiger partial charge in [0.1, 0.15) is 2.14 Å². The summed E-state index contributed by atoms with van der Waals surface area (Å²) < 4.78 is -0.150. The minimum Gasteiger partial charge on any atom is -0.0889 e. The lowest BCUT2D eigenvalue weighted by Crippen LogP contribution is -2.05. The molecule has 0 aromatic rings. The molecule has 0 saturated carbocycles. The molecular weight excluding hydrogens is 368 g/mol. The zero-order valence-electron chi connectivity index (χ0n) is 4.00. The van der Waals surface area contributed by atoms with Crippen LogP contribution in [0.15, 0.2) is 0 Å². The van der Waals surface area contributed by atoms with Crippen molar-refractivity contribution < 1.29 is 0 Å². The molecule has 0 aromatic heterocycles. The van der Waals surface area contributed by atoms with Gasteiger partial charge in [-0.05, 0) is 13.3 Å². The largest absolute Gasteiger partial charge is 0.136 e. The van der Waals surface area contributed by atoms with Crippen LogP contribution in [-0.4, -0.2) is 6.97 Å². The van der Waals surface area contributed by atoms with Gasteiger partial charge in [0.2, 0.25) is 0 Å². The Hall–Kier alpha value is 1.92. The fourth-order valence-corrected chi connectivity index (χ4v) is 3.21. The van der Waals surface area contributed by atoms with Crippen molar-refractivity contribution in [3.05, 3.63) is 6.92 Å². The standard InChI is InChI=1S/C4H5Br4/c1-3(5)2-4(6,7)8/h3H,1-2H2. The summed E-state index contributed by atoms with van der Waals surface area (Å²) >= 11 is 13.3. The first-order chi connectivity index (χ1) is 3.42. The molecule has 0 spiro atoms. The van der Waals surface area contributed by atoms with Crippen molar-refractivity contribution in [2.24, 2.45) is 0 Å².